The first-order valence-corrected chi connectivity index (χ1v) is 10.4. The Morgan fingerprint density at radius 3 is 2.83 bits per heavy atom. The van der Waals surface area contributed by atoms with Crippen molar-refractivity contribution in [1.82, 2.24) is 30.0 Å². The second-order valence-electron chi connectivity index (χ2n) is 7.85. The Morgan fingerprint density at radius 1 is 1.23 bits per heavy atom. The van der Waals surface area contributed by atoms with E-state index >= 15 is 0 Å². The molecule has 0 bridgehead atoms. The maximum Gasteiger partial charge on any atom is 0.280 e. The fourth-order valence-electron chi connectivity index (χ4n) is 3.74. The Bertz CT molecular complexity index is 1020. The molecule has 2 fully saturated rings. The number of carbonyl (C=O) groups is 1. The monoisotopic (exact) mass is 408 g/mol. The van der Waals surface area contributed by atoms with Gasteiger partial charge in [0.1, 0.15) is 5.75 Å². The summed E-state index contributed by atoms with van der Waals surface area (Å²) < 4.78 is 12.6. The lowest BCUT2D eigenvalue weighted by atomic mass is 10.1. The molecule has 9 heteroatoms. The molecule has 2 aromatic heterocycles. The number of rotatable bonds is 7. The van der Waals surface area contributed by atoms with Gasteiger partial charge in [-0.3, -0.25) is 4.79 Å². The lowest BCUT2D eigenvalue weighted by Crippen LogP contribution is -2.30. The van der Waals surface area contributed by atoms with Crippen molar-refractivity contribution in [2.75, 3.05) is 19.7 Å². The van der Waals surface area contributed by atoms with Gasteiger partial charge >= 0.3 is 0 Å². The molecule has 2 aliphatic rings. The highest BCUT2D eigenvalue weighted by Crippen LogP contribution is 2.38. The molecule has 156 valence electrons. The Balaban J connectivity index is 1.19. The standard InChI is InChI=1S/C21H24N6O3/c1-2-29-17-7-3-14(4-8-17)11-19(28)26-10-9-16(12-26)27-13-18(23-25-27)21-22-20(24-30-21)15-5-6-15/h3-4,7-8,13,15-16H,2,5-6,9-12H2,1H3/t16-/m0/s1. The molecule has 0 spiro atoms. The van der Waals surface area contributed by atoms with Crippen molar-refractivity contribution in [3.05, 3.63) is 41.9 Å². The van der Waals surface area contributed by atoms with Crippen LogP contribution in [0.1, 0.15) is 49.5 Å². The van der Waals surface area contributed by atoms with Crippen molar-refractivity contribution in [2.45, 2.75) is 44.6 Å². The first-order chi connectivity index (χ1) is 14.7. The number of nitrogens with zero attached hydrogens (tertiary/aromatic N) is 6. The summed E-state index contributed by atoms with van der Waals surface area (Å²) in [5.74, 6) is 2.54. The van der Waals surface area contributed by atoms with Gasteiger partial charge in [-0.05, 0) is 43.9 Å². The van der Waals surface area contributed by atoms with E-state index in [4.69, 9.17) is 9.26 Å². The zero-order chi connectivity index (χ0) is 20.5. The van der Waals surface area contributed by atoms with Crippen LogP contribution in [0.2, 0.25) is 0 Å². The Hall–Kier alpha value is -3.23. The second-order valence-corrected chi connectivity index (χ2v) is 7.85. The number of aromatic nitrogens is 5. The van der Waals surface area contributed by atoms with Gasteiger partial charge in [-0.15, -0.1) is 5.10 Å². The molecule has 3 heterocycles. The molecule has 3 aromatic rings. The third-order valence-corrected chi connectivity index (χ3v) is 5.59. The predicted molar refractivity (Wildman–Crippen MR) is 107 cm³/mol. The van der Waals surface area contributed by atoms with Gasteiger partial charge in [0.2, 0.25) is 5.91 Å². The summed E-state index contributed by atoms with van der Waals surface area (Å²) in [6.07, 6.45) is 5.29. The first-order valence-electron chi connectivity index (χ1n) is 10.4. The average molecular weight is 408 g/mol. The van der Waals surface area contributed by atoms with E-state index in [0.717, 1.165) is 36.4 Å². The van der Waals surface area contributed by atoms with E-state index in [1.807, 2.05) is 42.3 Å². The molecule has 1 saturated carbocycles. The molecule has 0 N–H and O–H groups in total. The summed E-state index contributed by atoms with van der Waals surface area (Å²) in [6, 6.07) is 7.80. The van der Waals surface area contributed by atoms with Gasteiger partial charge in [0, 0.05) is 19.0 Å². The highest BCUT2D eigenvalue weighted by molar-refractivity contribution is 5.79. The largest absolute Gasteiger partial charge is 0.494 e. The van der Waals surface area contributed by atoms with Gasteiger partial charge in [-0.2, -0.15) is 4.98 Å². The number of amides is 1. The van der Waals surface area contributed by atoms with Crippen molar-refractivity contribution >= 4 is 5.91 Å². The van der Waals surface area contributed by atoms with E-state index in [-0.39, 0.29) is 11.9 Å². The van der Waals surface area contributed by atoms with Crippen molar-refractivity contribution in [3.8, 4) is 17.3 Å². The third kappa shape index (κ3) is 3.92. The summed E-state index contributed by atoms with van der Waals surface area (Å²) in [5.41, 5.74) is 1.56. The molecule has 1 aliphatic carbocycles. The third-order valence-electron chi connectivity index (χ3n) is 5.59. The minimum absolute atomic E-state index is 0.0985. The minimum Gasteiger partial charge on any atom is -0.494 e. The lowest BCUT2D eigenvalue weighted by molar-refractivity contribution is -0.129. The van der Waals surface area contributed by atoms with Crippen LogP contribution in [0.15, 0.2) is 35.0 Å². The number of hydrogen-bond donors (Lipinski definition) is 0. The molecule has 9 nitrogen and oxygen atoms in total. The van der Waals surface area contributed by atoms with E-state index in [2.05, 4.69) is 20.5 Å². The highest BCUT2D eigenvalue weighted by Gasteiger charge is 2.31. The summed E-state index contributed by atoms with van der Waals surface area (Å²) in [6.45, 7) is 3.91. The van der Waals surface area contributed by atoms with Crippen LogP contribution < -0.4 is 4.74 Å². The highest BCUT2D eigenvalue weighted by atomic mass is 16.5. The van der Waals surface area contributed by atoms with Crippen LogP contribution in [0.25, 0.3) is 11.6 Å². The van der Waals surface area contributed by atoms with Crippen molar-refractivity contribution in [2.24, 2.45) is 0 Å². The van der Waals surface area contributed by atoms with Crippen LogP contribution in [0.5, 0.6) is 5.75 Å². The Morgan fingerprint density at radius 2 is 2.07 bits per heavy atom. The van der Waals surface area contributed by atoms with Gasteiger partial charge in [0.15, 0.2) is 11.5 Å². The molecule has 1 aliphatic heterocycles. The number of benzene rings is 1. The molecular formula is C21H24N6O3. The number of carbonyl (C=O) groups excluding carboxylic acids is 1. The molecule has 1 amide bonds. The van der Waals surface area contributed by atoms with Gasteiger partial charge < -0.3 is 14.2 Å². The predicted octanol–water partition coefficient (Wildman–Crippen LogP) is 2.62. The number of likely N-dealkylation sites (tertiary alicyclic amines) is 1. The van der Waals surface area contributed by atoms with Crippen molar-refractivity contribution in [1.29, 1.82) is 0 Å². The maximum absolute atomic E-state index is 12.7. The van der Waals surface area contributed by atoms with Crippen LogP contribution in [0, 0.1) is 0 Å². The lowest BCUT2D eigenvalue weighted by Gasteiger charge is -2.16. The van der Waals surface area contributed by atoms with Crippen LogP contribution in [-0.2, 0) is 11.2 Å². The molecule has 5 rings (SSSR count). The van der Waals surface area contributed by atoms with Crippen molar-refractivity contribution in [3.63, 3.8) is 0 Å². The van der Waals surface area contributed by atoms with E-state index < -0.39 is 0 Å². The first kappa shape index (κ1) is 18.8. The fourth-order valence-corrected chi connectivity index (χ4v) is 3.74. The summed E-state index contributed by atoms with van der Waals surface area (Å²) in [5, 5.41) is 12.5. The van der Waals surface area contributed by atoms with Gasteiger partial charge in [0.05, 0.1) is 25.3 Å². The van der Waals surface area contributed by atoms with E-state index in [9.17, 15) is 4.79 Å². The van der Waals surface area contributed by atoms with Gasteiger partial charge in [-0.25, -0.2) is 4.68 Å². The average Bonchev–Trinajstić information content (AvgIpc) is 3.17. The topological polar surface area (TPSA) is 99.2 Å². The van der Waals surface area contributed by atoms with Crippen molar-refractivity contribution < 1.29 is 14.1 Å². The molecule has 1 saturated heterocycles. The second kappa shape index (κ2) is 7.89. The minimum atomic E-state index is 0.0985. The molecule has 0 radical (unpaired) electrons. The molecular weight excluding hydrogens is 384 g/mol. The van der Waals surface area contributed by atoms with Crippen LogP contribution in [0.3, 0.4) is 0 Å². The van der Waals surface area contributed by atoms with E-state index in [1.54, 1.807) is 4.68 Å². The fraction of sp³-hybridized carbons (Fsp3) is 0.476. The van der Waals surface area contributed by atoms with E-state index in [0.29, 0.717) is 43.6 Å². The molecule has 30 heavy (non-hydrogen) atoms. The number of hydrogen-bond acceptors (Lipinski definition) is 7. The number of ether oxygens (including phenoxy) is 1. The molecule has 0 unspecified atom stereocenters. The summed E-state index contributed by atoms with van der Waals surface area (Å²) in [4.78, 5) is 19.0. The SMILES string of the molecule is CCOc1ccc(CC(=O)N2CC[C@H](n3cc(-c4nc(C5CC5)no4)nn3)C2)cc1. The van der Waals surface area contributed by atoms with Crippen LogP contribution in [0.4, 0.5) is 0 Å². The normalized spacial score (nSPS) is 18.7. The van der Waals surface area contributed by atoms with Gasteiger partial charge in [0.25, 0.3) is 5.89 Å². The van der Waals surface area contributed by atoms with Gasteiger partial charge in [-0.1, -0.05) is 22.5 Å². The maximum atomic E-state index is 12.7. The smallest absolute Gasteiger partial charge is 0.280 e. The quantitative estimate of drug-likeness (QED) is 0.592. The summed E-state index contributed by atoms with van der Waals surface area (Å²) >= 11 is 0. The molecule has 1 aromatic carbocycles. The zero-order valence-corrected chi connectivity index (χ0v) is 16.9. The molecule has 1 atom stereocenters. The van der Waals surface area contributed by atoms with E-state index in [1.165, 1.54) is 0 Å². The van der Waals surface area contributed by atoms with Crippen LogP contribution in [-0.4, -0.2) is 55.6 Å². The Kier molecular flexibility index (Phi) is 4.94. The zero-order valence-electron chi connectivity index (χ0n) is 16.9. The Labute approximate surface area is 174 Å². The van der Waals surface area contributed by atoms with Crippen LogP contribution >= 0.6 is 0 Å². The summed E-state index contributed by atoms with van der Waals surface area (Å²) in [7, 11) is 0.